The molecule has 0 spiro atoms. The van der Waals surface area contributed by atoms with Gasteiger partial charge >= 0.3 is 0 Å². The molecule has 2 atom stereocenters. The predicted molar refractivity (Wildman–Crippen MR) is 65.7 cm³/mol. The van der Waals surface area contributed by atoms with Crippen molar-refractivity contribution in [2.75, 3.05) is 0 Å². The molecule has 0 radical (unpaired) electrons. The Labute approximate surface area is 101 Å². The molecule has 1 aliphatic rings. The lowest BCUT2D eigenvalue weighted by molar-refractivity contribution is 0.199. The van der Waals surface area contributed by atoms with Crippen LogP contribution in [0.3, 0.4) is 0 Å². The van der Waals surface area contributed by atoms with Crippen molar-refractivity contribution < 1.29 is 5.11 Å². The predicted octanol–water partition coefficient (Wildman–Crippen LogP) is 2.28. The topological polar surface area (TPSA) is 38.1 Å². The Morgan fingerprint density at radius 3 is 3.00 bits per heavy atom. The van der Waals surface area contributed by atoms with Crippen LogP contribution in [0.2, 0.25) is 0 Å². The van der Waals surface area contributed by atoms with Gasteiger partial charge in [0.2, 0.25) is 0 Å². The van der Waals surface area contributed by atoms with Crippen LogP contribution in [0.4, 0.5) is 0 Å². The molecule has 1 aromatic carbocycles. The van der Waals surface area contributed by atoms with Crippen LogP contribution >= 0.6 is 0 Å². The minimum atomic E-state index is -0.433. The van der Waals surface area contributed by atoms with Crippen LogP contribution < -0.4 is 0 Å². The molecular formula is C14H16N2O. The molecule has 1 aliphatic carbocycles. The van der Waals surface area contributed by atoms with Crippen LogP contribution in [0.1, 0.15) is 35.6 Å². The second-order valence-electron chi connectivity index (χ2n) is 4.77. The van der Waals surface area contributed by atoms with Gasteiger partial charge in [-0.3, -0.25) is 4.68 Å². The molecule has 0 saturated heterocycles. The van der Waals surface area contributed by atoms with Gasteiger partial charge in [-0.05, 0) is 24.5 Å². The molecule has 0 amide bonds. The quantitative estimate of drug-likeness (QED) is 0.875. The van der Waals surface area contributed by atoms with E-state index < -0.39 is 6.10 Å². The first-order valence-corrected chi connectivity index (χ1v) is 6.02. The largest absolute Gasteiger partial charge is 0.389 e. The molecule has 88 valence electrons. The second kappa shape index (κ2) is 4.00. The van der Waals surface area contributed by atoms with E-state index in [-0.39, 0.29) is 0 Å². The minimum Gasteiger partial charge on any atom is -0.389 e. The highest BCUT2D eigenvalue weighted by atomic mass is 16.3. The Balaban J connectivity index is 1.73. The molecular weight excluding hydrogens is 212 g/mol. The van der Waals surface area contributed by atoms with Crippen LogP contribution in [0.15, 0.2) is 36.7 Å². The summed E-state index contributed by atoms with van der Waals surface area (Å²) in [7, 11) is 0. The SMILES string of the molecule is CC(O)c1cnn(CC2Cc3ccccc32)c1. The fourth-order valence-corrected chi connectivity index (χ4v) is 2.45. The summed E-state index contributed by atoms with van der Waals surface area (Å²) in [5.41, 5.74) is 3.79. The normalized spacial score (nSPS) is 19.5. The number of hydrogen-bond donors (Lipinski definition) is 1. The van der Waals surface area contributed by atoms with Crippen molar-refractivity contribution in [2.24, 2.45) is 0 Å². The van der Waals surface area contributed by atoms with Gasteiger partial charge in [-0.1, -0.05) is 24.3 Å². The number of aliphatic hydroxyl groups is 1. The highest BCUT2D eigenvalue weighted by Crippen LogP contribution is 2.35. The third-order valence-electron chi connectivity index (χ3n) is 3.50. The number of fused-ring (bicyclic) bond motifs is 1. The van der Waals surface area contributed by atoms with E-state index in [1.54, 1.807) is 13.1 Å². The van der Waals surface area contributed by atoms with Gasteiger partial charge in [0.1, 0.15) is 0 Å². The molecule has 1 N–H and O–H groups in total. The van der Waals surface area contributed by atoms with Gasteiger partial charge < -0.3 is 5.11 Å². The lowest BCUT2D eigenvalue weighted by atomic mass is 9.78. The van der Waals surface area contributed by atoms with Crippen molar-refractivity contribution in [3.05, 3.63) is 53.3 Å². The maximum absolute atomic E-state index is 9.45. The van der Waals surface area contributed by atoms with E-state index >= 15 is 0 Å². The maximum atomic E-state index is 9.45. The summed E-state index contributed by atoms with van der Waals surface area (Å²) in [6.07, 6.45) is 4.39. The first kappa shape index (κ1) is 10.5. The third-order valence-corrected chi connectivity index (χ3v) is 3.50. The number of aliphatic hydroxyl groups excluding tert-OH is 1. The smallest absolute Gasteiger partial charge is 0.0792 e. The Kier molecular flexibility index (Phi) is 2.48. The van der Waals surface area contributed by atoms with E-state index in [1.807, 2.05) is 10.9 Å². The monoisotopic (exact) mass is 228 g/mol. The first-order valence-electron chi connectivity index (χ1n) is 6.02. The molecule has 0 bridgehead atoms. The second-order valence-corrected chi connectivity index (χ2v) is 4.77. The standard InChI is InChI=1S/C14H16N2O/c1-10(17)13-7-15-16(9-13)8-12-6-11-4-2-3-5-14(11)12/h2-5,7,9-10,12,17H,6,8H2,1H3. The number of rotatable bonds is 3. The molecule has 1 heterocycles. The van der Waals surface area contributed by atoms with E-state index in [0.29, 0.717) is 5.92 Å². The van der Waals surface area contributed by atoms with E-state index in [0.717, 1.165) is 18.5 Å². The summed E-state index contributed by atoms with van der Waals surface area (Å²) in [4.78, 5) is 0. The summed E-state index contributed by atoms with van der Waals surface area (Å²) in [6, 6.07) is 8.57. The summed E-state index contributed by atoms with van der Waals surface area (Å²) in [5.74, 6) is 0.577. The molecule has 2 unspecified atom stereocenters. The summed E-state index contributed by atoms with van der Waals surface area (Å²) < 4.78 is 1.93. The van der Waals surface area contributed by atoms with Crippen molar-refractivity contribution in [1.82, 2.24) is 9.78 Å². The lowest BCUT2D eigenvalue weighted by Crippen LogP contribution is -2.22. The van der Waals surface area contributed by atoms with Crippen LogP contribution in [-0.4, -0.2) is 14.9 Å². The van der Waals surface area contributed by atoms with Crippen molar-refractivity contribution in [3.63, 3.8) is 0 Å². The Hall–Kier alpha value is -1.61. The van der Waals surface area contributed by atoms with Crippen LogP contribution in [-0.2, 0) is 13.0 Å². The van der Waals surface area contributed by atoms with E-state index in [4.69, 9.17) is 0 Å². The number of hydrogen-bond acceptors (Lipinski definition) is 2. The lowest BCUT2D eigenvalue weighted by Gasteiger charge is -2.29. The molecule has 3 rings (SSSR count). The van der Waals surface area contributed by atoms with Crippen molar-refractivity contribution in [3.8, 4) is 0 Å². The first-order chi connectivity index (χ1) is 8.24. The zero-order valence-corrected chi connectivity index (χ0v) is 9.87. The van der Waals surface area contributed by atoms with Gasteiger partial charge in [0, 0.05) is 24.2 Å². The van der Waals surface area contributed by atoms with Crippen LogP contribution in [0.25, 0.3) is 0 Å². The number of nitrogens with zero attached hydrogens (tertiary/aromatic N) is 2. The number of benzene rings is 1. The molecule has 0 aliphatic heterocycles. The van der Waals surface area contributed by atoms with Gasteiger partial charge in [0.05, 0.1) is 12.3 Å². The fraction of sp³-hybridized carbons (Fsp3) is 0.357. The Bertz CT molecular complexity index is 531. The molecule has 3 heteroatoms. The van der Waals surface area contributed by atoms with Crippen molar-refractivity contribution >= 4 is 0 Å². The van der Waals surface area contributed by atoms with E-state index in [9.17, 15) is 5.11 Å². The molecule has 2 aromatic rings. The van der Waals surface area contributed by atoms with E-state index in [2.05, 4.69) is 29.4 Å². The highest BCUT2D eigenvalue weighted by Gasteiger charge is 2.25. The van der Waals surface area contributed by atoms with Crippen LogP contribution in [0.5, 0.6) is 0 Å². The summed E-state index contributed by atoms with van der Waals surface area (Å²) in [6.45, 7) is 2.67. The van der Waals surface area contributed by atoms with Crippen molar-refractivity contribution in [1.29, 1.82) is 0 Å². The van der Waals surface area contributed by atoms with Gasteiger partial charge in [0.25, 0.3) is 0 Å². The number of aromatic nitrogens is 2. The Morgan fingerprint density at radius 2 is 2.29 bits per heavy atom. The average molecular weight is 228 g/mol. The van der Waals surface area contributed by atoms with Gasteiger partial charge in [0.15, 0.2) is 0 Å². The molecule has 0 fully saturated rings. The fourth-order valence-electron chi connectivity index (χ4n) is 2.45. The third kappa shape index (κ3) is 1.87. The molecule has 0 saturated carbocycles. The van der Waals surface area contributed by atoms with Crippen LogP contribution in [0, 0.1) is 0 Å². The zero-order chi connectivity index (χ0) is 11.8. The average Bonchev–Trinajstić information content (AvgIpc) is 2.75. The molecule has 1 aromatic heterocycles. The Morgan fingerprint density at radius 1 is 1.47 bits per heavy atom. The van der Waals surface area contributed by atoms with Gasteiger partial charge in [-0.15, -0.1) is 0 Å². The molecule has 3 nitrogen and oxygen atoms in total. The summed E-state index contributed by atoms with van der Waals surface area (Å²) in [5, 5.41) is 13.7. The molecule has 17 heavy (non-hydrogen) atoms. The maximum Gasteiger partial charge on any atom is 0.0792 e. The van der Waals surface area contributed by atoms with E-state index in [1.165, 1.54) is 11.1 Å². The van der Waals surface area contributed by atoms with Gasteiger partial charge in [-0.25, -0.2) is 0 Å². The summed E-state index contributed by atoms with van der Waals surface area (Å²) >= 11 is 0. The van der Waals surface area contributed by atoms with Gasteiger partial charge in [-0.2, -0.15) is 5.10 Å². The minimum absolute atomic E-state index is 0.433. The highest BCUT2D eigenvalue weighted by molar-refractivity contribution is 5.39. The van der Waals surface area contributed by atoms with Crippen molar-refractivity contribution in [2.45, 2.75) is 31.9 Å². The zero-order valence-electron chi connectivity index (χ0n) is 9.87.